The fraction of sp³-hybridized carbons (Fsp3) is 0.500. The van der Waals surface area contributed by atoms with Crippen molar-refractivity contribution in [1.82, 2.24) is 4.98 Å². The summed E-state index contributed by atoms with van der Waals surface area (Å²) in [5.74, 6) is 0.805. The second-order valence-electron chi connectivity index (χ2n) is 4.64. The van der Waals surface area contributed by atoms with Crippen molar-refractivity contribution in [3.05, 3.63) is 27.4 Å². The first-order valence-corrected chi connectivity index (χ1v) is 6.41. The van der Waals surface area contributed by atoms with Gasteiger partial charge in [0.15, 0.2) is 0 Å². The van der Waals surface area contributed by atoms with Crippen LogP contribution in [-0.2, 0) is 4.79 Å². The third kappa shape index (κ3) is 3.01. The third-order valence-electron chi connectivity index (χ3n) is 3.41. The summed E-state index contributed by atoms with van der Waals surface area (Å²) in [5.41, 5.74) is -0.124. The van der Waals surface area contributed by atoms with Crippen LogP contribution < -0.4 is 4.90 Å². The van der Waals surface area contributed by atoms with Crippen LogP contribution in [0.25, 0.3) is 0 Å². The zero-order valence-electron chi connectivity index (χ0n) is 10.5. The fourth-order valence-corrected chi connectivity index (χ4v) is 2.56. The Morgan fingerprint density at radius 2 is 2.11 bits per heavy atom. The molecule has 7 heteroatoms. The topological polar surface area (TPSA) is 76.3 Å². The Morgan fingerprint density at radius 3 is 2.63 bits per heavy atom. The molecule has 0 unspecified atom stereocenters. The van der Waals surface area contributed by atoms with Gasteiger partial charge in [0.05, 0.1) is 9.95 Å². The summed E-state index contributed by atoms with van der Waals surface area (Å²) in [5, 5.41) is 10.9. The number of hydrogen-bond acceptors (Lipinski definition) is 5. The van der Waals surface area contributed by atoms with Crippen molar-refractivity contribution < 1.29 is 9.72 Å². The summed E-state index contributed by atoms with van der Waals surface area (Å²) in [6.45, 7) is 0. The number of halogens is 1. The Balaban J connectivity index is 2.17. The number of ketones is 1. The number of nitrogens with zero attached hydrogens (tertiary/aromatic N) is 3. The first kappa shape index (κ1) is 13.7. The lowest BCUT2D eigenvalue weighted by Crippen LogP contribution is -2.36. The fourth-order valence-electron chi connectivity index (χ4n) is 2.26. The van der Waals surface area contributed by atoms with Crippen LogP contribution in [0.5, 0.6) is 0 Å². The third-order valence-corrected chi connectivity index (χ3v) is 3.69. The van der Waals surface area contributed by atoms with E-state index in [1.165, 1.54) is 12.3 Å². The Kier molecular flexibility index (Phi) is 3.99. The van der Waals surface area contributed by atoms with Gasteiger partial charge in [-0.05, 0) is 12.8 Å². The van der Waals surface area contributed by atoms with Crippen LogP contribution in [0.4, 0.5) is 11.5 Å². The number of rotatable bonds is 3. The van der Waals surface area contributed by atoms with Gasteiger partial charge in [-0.2, -0.15) is 0 Å². The van der Waals surface area contributed by atoms with Crippen molar-refractivity contribution in [2.45, 2.75) is 31.7 Å². The number of nitro groups is 1. The molecule has 1 fully saturated rings. The number of carbonyl (C=O) groups excluding carboxylic acids is 1. The molecular formula is C12H14ClN3O3. The molecule has 0 N–H and O–H groups in total. The van der Waals surface area contributed by atoms with Crippen LogP contribution in [0.15, 0.2) is 12.3 Å². The Labute approximate surface area is 115 Å². The van der Waals surface area contributed by atoms with Crippen molar-refractivity contribution >= 4 is 28.9 Å². The van der Waals surface area contributed by atoms with Crippen LogP contribution in [0.3, 0.4) is 0 Å². The monoisotopic (exact) mass is 283 g/mol. The molecule has 1 heterocycles. The molecule has 0 spiro atoms. The molecule has 0 bridgehead atoms. The van der Waals surface area contributed by atoms with Crippen molar-refractivity contribution in [1.29, 1.82) is 0 Å². The SMILES string of the molecule is CN(c1ncc([N+](=O)[O-])cc1Cl)C1CCC(=O)CC1. The lowest BCUT2D eigenvalue weighted by Gasteiger charge is -2.31. The summed E-state index contributed by atoms with van der Waals surface area (Å²) in [6, 6.07) is 1.50. The highest BCUT2D eigenvalue weighted by Gasteiger charge is 2.25. The summed E-state index contributed by atoms with van der Waals surface area (Å²) in [4.78, 5) is 27.3. The van der Waals surface area contributed by atoms with Gasteiger partial charge < -0.3 is 4.90 Å². The molecule has 0 amide bonds. The van der Waals surface area contributed by atoms with Crippen LogP contribution in [-0.4, -0.2) is 28.8 Å². The molecule has 1 aliphatic rings. The number of pyridine rings is 1. The van der Waals surface area contributed by atoms with Crippen LogP contribution >= 0.6 is 11.6 Å². The molecule has 1 aliphatic carbocycles. The van der Waals surface area contributed by atoms with E-state index in [1.807, 2.05) is 11.9 Å². The zero-order valence-corrected chi connectivity index (χ0v) is 11.3. The lowest BCUT2D eigenvalue weighted by atomic mass is 9.93. The number of aromatic nitrogens is 1. The molecule has 0 radical (unpaired) electrons. The van der Waals surface area contributed by atoms with E-state index in [1.54, 1.807) is 0 Å². The minimum atomic E-state index is -0.526. The largest absolute Gasteiger partial charge is 0.355 e. The van der Waals surface area contributed by atoms with Gasteiger partial charge in [0.25, 0.3) is 5.69 Å². The van der Waals surface area contributed by atoms with E-state index >= 15 is 0 Å². The summed E-state index contributed by atoms with van der Waals surface area (Å²) in [6.07, 6.45) is 3.87. The number of carbonyl (C=O) groups is 1. The minimum Gasteiger partial charge on any atom is -0.355 e. The molecule has 19 heavy (non-hydrogen) atoms. The van der Waals surface area contributed by atoms with Gasteiger partial charge in [0.1, 0.15) is 17.8 Å². The maximum atomic E-state index is 11.2. The average Bonchev–Trinajstić information content (AvgIpc) is 2.38. The van der Waals surface area contributed by atoms with Gasteiger partial charge in [0.2, 0.25) is 0 Å². The molecule has 0 aromatic carbocycles. The van der Waals surface area contributed by atoms with E-state index in [0.29, 0.717) is 18.7 Å². The highest BCUT2D eigenvalue weighted by molar-refractivity contribution is 6.33. The summed E-state index contributed by atoms with van der Waals surface area (Å²) >= 11 is 6.04. The van der Waals surface area contributed by atoms with E-state index in [0.717, 1.165) is 12.8 Å². The second-order valence-corrected chi connectivity index (χ2v) is 5.04. The minimum absolute atomic E-state index is 0.124. The smallest absolute Gasteiger partial charge is 0.289 e. The van der Waals surface area contributed by atoms with E-state index in [9.17, 15) is 14.9 Å². The van der Waals surface area contributed by atoms with Crippen molar-refractivity contribution in [3.63, 3.8) is 0 Å². The Hall–Kier alpha value is -1.69. The van der Waals surface area contributed by atoms with Crippen molar-refractivity contribution in [3.8, 4) is 0 Å². The molecule has 102 valence electrons. The highest BCUT2D eigenvalue weighted by atomic mass is 35.5. The van der Waals surface area contributed by atoms with Gasteiger partial charge in [-0.1, -0.05) is 11.6 Å². The average molecular weight is 284 g/mol. The lowest BCUT2D eigenvalue weighted by molar-refractivity contribution is -0.385. The van der Waals surface area contributed by atoms with E-state index in [2.05, 4.69) is 4.98 Å². The van der Waals surface area contributed by atoms with Crippen LogP contribution in [0.2, 0.25) is 5.02 Å². The van der Waals surface area contributed by atoms with Crippen LogP contribution in [0.1, 0.15) is 25.7 Å². The summed E-state index contributed by atoms with van der Waals surface area (Å²) in [7, 11) is 1.85. The summed E-state index contributed by atoms with van der Waals surface area (Å²) < 4.78 is 0. The van der Waals surface area contributed by atoms with Gasteiger partial charge >= 0.3 is 0 Å². The van der Waals surface area contributed by atoms with E-state index in [4.69, 9.17) is 11.6 Å². The molecule has 1 saturated carbocycles. The predicted octanol–water partition coefficient (Wildman–Crippen LogP) is 2.59. The molecular weight excluding hydrogens is 270 g/mol. The molecule has 0 saturated heterocycles. The standard InChI is InChI=1S/C12H14ClN3O3/c1-15(8-2-4-10(17)5-3-8)12-11(13)6-9(7-14-12)16(18)19/h6-8H,2-5H2,1H3. The maximum absolute atomic E-state index is 11.2. The molecule has 6 nitrogen and oxygen atoms in total. The second kappa shape index (κ2) is 5.52. The molecule has 1 aromatic heterocycles. The first-order chi connectivity index (χ1) is 8.99. The van der Waals surface area contributed by atoms with Crippen LogP contribution in [0, 0.1) is 10.1 Å². The number of Topliss-reactive ketones (excluding diaryl/α,β-unsaturated/α-hetero) is 1. The quantitative estimate of drug-likeness (QED) is 0.629. The maximum Gasteiger partial charge on any atom is 0.289 e. The van der Waals surface area contributed by atoms with Gasteiger partial charge in [-0.15, -0.1) is 0 Å². The number of anilines is 1. The van der Waals surface area contributed by atoms with Crippen molar-refractivity contribution in [2.24, 2.45) is 0 Å². The van der Waals surface area contributed by atoms with Crippen molar-refractivity contribution in [2.75, 3.05) is 11.9 Å². The van der Waals surface area contributed by atoms with E-state index in [-0.39, 0.29) is 22.5 Å². The van der Waals surface area contributed by atoms with E-state index < -0.39 is 4.92 Å². The molecule has 0 atom stereocenters. The highest BCUT2D eigenvalue weighted by Crippen LogP contribution is 2.30. The normalized spacial score (nSPS) is 16.4. The molecule has 0 aliphatic heterocycles. The zero-order chi connectivity index (χ0) is 14.0. The Bertz CT molecular complexity index is 511. The van der Waals surface area contributed by atoms with Gasteiger partial charge in [-0.3, -0.25) is 14.9 Å². The number of hydrogen-bond donors (Lipinski definition) is 0. The first-order valence-electron chi connectivity index (χ1n) is 6.03. The molecule has 1 aromatic rings. The Morgan fingerprint density at radius 1 is 1.47 bits per heavy atom. The van der Waals surface area contributed by atoms with Gasteiger partial charge in [-0.25, -0.2) is 4.98 Å². The molecule has 2 rings (SSSR count). The van der Waals surface area contributed by atoms with Gasteiger partial charge in [0, 0.05) is 32.0 Å². The predicted molar refractivity (Wildman–Crippen MR) is 71.6 cm³/mol.